The van der Waals surface area contributed by atoms with Gasteiger partial charge in [-0.15, -0.1) is 13.2 Å². The van der Waals surface area contributed by atoms with Crippen LogP contribution in [0.25, 0.3) is 22.4 Å². The molecular weight excluding hydrogens is 647 g/mol. The zero-order valence-corrected chi connectivity index (χ0v) is 27.6. The number of imidazole rings is 1. The molecule has 2 aliphatic heterocycles. The lowest BCUT2D eigenvalue weighted by atomic mass is 10.0. The van der Waals surface area contributed by atoms with Crippen LogP contribution in [0.2, 0.25) is 5.02 Å². The van der Waals surface area contributed by atoms with E-state index in [-0.39, 0.29) is 34.5 Å². The van der Waals surface area contributed by atoms with Crippen molar-refractivity contribution in [2.24, 2.45) is 5.92 Å². The molecule has 2 aromatic heterocycles. The summed E-state index contributed by atoms with van der Waals surface area (Å²) in [5.41, 5.74) is 2.45. The molecule has 0 aliphatic carbocycles. The first-order valence-corrected chi connectivity index (χ1v) is 16.1. The van der Waals surface area contributed by atoms with Gasteiger partial charge in [0, 0.05) is 56.1 Å². The fraction of sp³-hybridized carbons (Fsp3) is 0.382. The van der Waals surface area contributed by atoms with Gasteiger partial charge in [-0.2, -0.15) is 0 Å². The number of halogens is 4. The Morgan fingerprint density at radius 3 is 2.40 bits per heavy atom. The number of hydrogen-bond acceptors (Lipinski definition) is 8. The van der Waals surface area contributed by atoms with Crippen LogP contribution in [-0.4, -0.2) is 88.9 Å². The number of likely N-dealkylation sites (N-methyl/N-ethyl adjacent to an activating group) is 1. The molecule has 2 atom stereocenters. The molecular formula is C34H37ClF3N7O3. The molecule has 2 saturated heterocycles. The molecule has 10 nitrogen and oxygen atoms in total. The van der Waals surface area contributed by atoms with Gasteiger partial charge in [-0.05, 0) is 50.2 Å². The number of aliphatic hydroxyl groups is 1. The normalized spacial score (nSPS) is 19.1. The summed E-state index contributed by atoms with van der Waals surface area (Å²) in [4.78, 5) is 32.1. The first-order chi connectivity index (χ1) is 22.9. The Balaban J connectivity index is 1.24. The van der Waals surface area contributed by atoms with Gasteiger partial charge in [0.1, 0.15) is 17.4 Å². The number of H-pyrrole nitrogens is 1. The van der Waals surface area contributed by atoms with Crippen molar-refractivity contribution in [3.8, 4) is 28.1 Å². The number of rotatable bonds is 8. The minimum Gasteiger partial charge on any atom is -0.405 e. The fourth-order valence-electron chi connectivity index (χ4n) is 6.34. The monoisotopic (exact) mass is 683 g/mol. The molecule has 0 radical (unpaired) electrons. The number of alkyl halides is 3. The molecule has 0 saturated carbocycles. The number of likely N-dealkylation sites (tertiary alicyclic amines) is 1. The highest BCUT2D eigenvalue weighted by Crippen LogP contribution is 2.41. The van der Waals surface area contributed by atoms with E-state index in [0.717, 1.165) is 56.9 Å². The molecule has 2 fully saturated rings. The SMILES string of the molecule is CC1CC(c2nc(-c3ccc(-c4cc(Cl)c(NC(=O)c5ccc(N6CCN(C)CC6)nc5)cc4OC(F)(F)F)cc3)c(CO)[nH]2)N(C)C1. The standard InChI is InChI=1S/C34H37ClF3N7O3/c1-20-14-28(44(3)18-20)32-40-27(19-46)31(42-32)22-6-4-21(5-7-22)24-15-25(35)26(16-29(24)48-34(36,37)38)41-33(47)23-8-9-30(39-17-23)45-12-10-43(2)11-13-45/h4-9,15-17,20,28,46H,10-14,18-19H2,1-3H3,(H,40,42)(H,41,47). The summed E-state index contributed by atoms with van der Waals surface area (Å²) in [6.45, 7) is 6.30. The lowest BCUT2D eigenvalue weighted by Gasteiger charge is -2.33. The molecule has 14 heteroatoms. The van der Waals surface area contributed by atoms with Crippen molar-refractivity contribution in [3.63, 3.8) is 0 Å². The maximum Gasteiger partial charge on any atom is 0.573 e. The Kier molecular flexibility index (Phi) is 9.66. The first-order valence-electron chi connectivity index (χ1n) is 15.7. The van der Waals surface area contributed by atoms with Crippen molar-refractivity contribution < 1.29 is 27.8 Å². The molecule has 6 rings (SSSR count). The second kappa shape index (κ2) is 13.7. The van der Waals surface area contributed by atoms with Crippen LogP contribution in [-0.2, 0) is 6.61 Å². The van der Waals surface area contributed by atoms with Crippen molar-refractivity contribution in [2.45, 2.75) is 32.4 Å². The third kappa shape index (κ3) is 7.44. The van der Waals surface area contributed by atoms with Gasteiger partial charge in [-0.25, -0.2) is 9.97 Å². The van der Waals surface area contributed by atoms with E-state index in [0.29, 0.717) is 28.4 Å². The number of piperazine rings is 1. The number of anilines is 2. The number of ether oxygens (including phenoxy) is 1. The number of aliphatic hydroxyl groups excluding tert-OH is 1. The summed E-state index contributed by atoms with van der Waals surface area (Å²) in [7, 11) is 4.09. The topological polar surface area (TPSA) is 110 Å². The van der Waals surface area contributed by atoms with E-state index in [1.54, 1.807) is 36.4 Å². The van der Waals surface area contributed by atoms with E-state index >= 15 is 0 Å². The number of amides is 1. The van der Waals surface area contributed by atoms with Gasteiger partial charge in [0.25, 0.3) is 5.91 Å². The van der Waals surface area contributed by atoms with Crippen molar-refractivity contribution in [2.75, 3.05) is 57.0 Å². The number of nitrogens with one attached hydrogen (secondary N) is 2. The number of benzene rings is 2. The number of carbonyl (C=O) groups excluding carboxylic acids is 1. The van der Waals surface area contributed by atoms with Crippen LogP contribution in [0.5, 0.6) is 5.75 Å². The minimum absolute atomic E-state index is 0.0217. The first kappa shape index (κ1) is 33.7. The largest absolute Gasteiger partial charge is 0.573 e. The van der Waals surface area contributed by atoms with E-state index in [1.165, 1.54) is 12.3 Å². The average Bonchev–Trinajstić information content (AvgIpc) is 3.64. The zero-order valence-electron chi connectivity index (χ0n) is 26.8. The van der Waals surface area contributed by atoms with Crippen molar-refractivity contribution in [1.29, 1.82) is 0 Å². The molecule has 2 unspecified atom stereocenters. The Labute approximate surface area is 281 Å². The second-order valence-electron chi connectivity index (χ2n) is 12.5. The molecule has 0 bridgehead atoms. The van der Waals surface area contributed by atoms with E-state index in [2.05, 4.69) is 48.7 Å². The van der Waals surface area contributed by atoms with E-state index in [9.17, 15) is 23.1 Å². The van der Waals surface area contributed by atoms with Crippen LogP contribution in [0.4, 0.5) is 24.7 Å². The summed E-state index contributed by atoms with van der Waals surface area (Å²) in [5, 5.41) is 12.7. The molecule has 2 aliphatic rings. The van der Waals surface area contributed by atoms with Gasteiger partial charge in [0.2, 0.25) is 0 Å². The summed E-state index contributed by atoms with van der Waals surface area (Å²) in [6.07, 6.45) is -2.64. The Morgan fingerprint density at radius 2 is 1.79 bits per heavy atom. The molecule has 48 heavy (non-hydrogen) atoms. The van der Waals surface area contributed by atoms with E-state index in [4.69, 9.17) is 16.6 Å². The molecule has 3 N–H and O–H groups in total. The summed E-state index contributed by atoms with van der Waals surface area (Å²) < 4.78 is 45.1. The fourth-order valence-corrected chi connectivity index (χ4v) is 6.56. The van der Waals surface area contributed by atoms with Crippen LogP contribution in [0.3, 0.4) is 0 Å². The van der Waals surface area contributed by atoms with Gasteiger partial charge in [-0.3, -0.25) is 9.69 Å². The van der Waals surface area contributed by atoms with Crippen LogP contribution in [0.15, 0.2) is 54.7 Å². The van der Waals surface area contributed by atoms with Gasteiger partial charge in [0.05, 0.1) is 40.3 Å². The van der Waals surface area contributed by atoms with Crippen LogP contribution in [0.1, 0.15) is 41.3 Å². The van der Waals surface area contributed by atoms with E-state index in [1.807, 2.05) is 7.05 Å². The number of pyridine rings is 1. The van der Waals surface area contributed by atoms with Crippen LogP contribution < -0.4 is 15.0 Å². The zero-order chi connectivity index (χ0) is 34.2. The predicted molar refractivity (Wildman–Crippen MR) is 178 cm³/mol. The number of nitrogens with zero attached hydrogens (tertiary/aromatic N) is 5. The number of hydrogen-bond donors (Lipinski definition) is 3. The minimum atomic E-state index is -5.00. The van der Waals surface area contributed by atoms with Crippen LogP contribution in [0, 0.1) is 5.92 Å². The summed E-state index contributed by atoms with van der Waals surface area (Å²) >= 11 is 6.52. The summed E-state index contributed by atoms with van der Waals surface area (Å²) in [5.74, 6) is 0.902. The highest BCUT2D eigenvalue weighted by atomic mass is 35.5. The van der Waals surface area contributed by atoms with E-state index < -0.39 is 18.0 Å². The Morgan fingerprint density at radius 1 is 1.08 bits per heavy atom. The number of carbonyl (C=O) groups is 1. The quantitative estimate of drug-likeness (QED) is 0.202. The maximum atomic E-state index is 13.6. The molecule has 2 aromatic carbocycles. The van der Waals surface area contributed by atoms with Crippen molar-refractivity contribution >= 4 is 29.0 Å². The number of aromatic nitrogens is 3. The van der Waals surface area contributed by atoms with Crippen molar-refractivity contribution in [3.05, 3.63) is 76.8 Å². The Bertz CT molecular complexity index is 1760. The second-order valence-corrected chi connectivity index (χ2v) is 12.9. The molecule has 1 amide bonds. The number of aromatic amines is 1. The van der Waals surface area contributed by atoms with Gasteiger partial charge < -0.3 is 29.9 Å². The van der Waals surface area contributed by atoms with Gasteiger partial charge in [-0.1, -0.05) is 42.8 Å². The third-order valence-corrected chi connectivity index (χ3v) is 9.19. The molecule has 4 heterocycles. The Hall–Kier alpha value is -4.17. The summed E-state index contributed by atoms with van der Waals surface area (Å²) in [6, 6.07) is 12.5. The van der Waals surface area contributed by atoms with Crippen LogP contribution >= 0.6 is 11.6 Å². The molecule has 0 spiro atoms. The van der Waals surface area contributed by atoms with Crippen molar-refractivity contribution in [1.82, 2.24) is 24.8 Å². The van der Waals surface area contributed by atoms with Gasteiger partial charge in [0.15, 0.2) is 0 Å². The smallest absolute Gasteiger partial charge is 0.405 e. The maximum absolute atomic E-state index is 13.6. The van der Waals surface area contributed by atoms with Gasteiger partial charge >= 0.3 is 6.36 Å². The predicted octanol–water partition coefficient (Wildman–Crippen LogP) is 6.20. The average molecular weight is 684 g/mol. The highest BCUT2D eigenvalue weighted by molar-refractivity contribution is 6.34. The lowest BCUT2D eigenvalue weighted by molar-refractivity contribution is -0.274. The molecule has 4 aromatic rings. The lowest BCUT2D eigenvalue weighted by Crippen LogP contribution is -2.44. The highest BCUT2D eigenvalue weighted by Gasteiger charge is 2.33. The molecule has 254 valence electrons. The third-order valence-electron chi connectivity index (χ3n) is 8.88.